The fourth-order valence-electron chi connectivity index (χ4n) is 1.70. The average Bonchev–Trinajstić information content (AvgIpc) is 2.85. The number of carboxylic acids is 1. The zero-order chi connectivity index (χ0) is 13.0. The van der Waals surface area contributed by atoms with Crippen LogP contribution in [-0.4, -0.2) is 16.1 Å². The Hall–Kier alpha value is -1.72. The summed E-state index contributed by atoms with van der Waals surface area (Å²) in [7, 11) is 0. The highest BCUT2D eigenvalue weighted by atomic mass is 32.1. The first-order valence-corrected chi connectivity index (χ1v) is 6.49. The third kappa shape index (κ3) is 2.94. The normalized spacial score (nSPS) is 12.3. The molecule has 0 aliphatic carbocycles. The molecule has 0 saturated carbocycles. The molecule has 0 spiro atoms. The molecular weight excluding hydrogens is 248 g/mol. The molecule has 94 valence electrons. The summed E-state index contributed by atoms with van der Waals surface area (Å²) in [5.74, 6) is -0.863. The zero-order valence-corrected chi connectivity index (χ0v) is 10.8. The van der Waals surface area contributed by atoms with Crippen molar-refractivity contribution in [2.45, 2.75) is 19.5 Å². The molecule has 0 radical (unpaired) electrons. The third-order valence-corrected chi connectivity index (χ3v) is 3.69. The first-order valence-electron chi connectivity index (χ1n) is 5.61. The number of nitrogens with zero attached hydrogens (tertiary/aromatic N) is 1. The molecule has 2 N–H and O–H groups in total. The van der Waals surface area contributed by atoms with Gasteiger partial charge in [-0.3, -0.25) is 4.98 Å². The fraction of sp³-hybridized carbons (Fsp3) is 0.231. The van der Waals surface area contributed by atoms with E-state index < -0.39 is 5.97 Å². The largest absolute Gasteiger partial charge is 0.477 e. The van der Waals surface area contributed by atoms with Gasteiger partial charge in [0.15, 0.2) is 0 Å². The molecule has 18 heavy (non-hydrogen) atoms. The Morgan fingerprint density at radius 2 is 2.17 bits per heavy atom. The van der Waals surface area contributed by atoms with Gasteiger partial charge in [0.1, 0.15) is 4.88 Å². The van der Waals surface area contributed by atoms with Crippen molar-refractivity contribution in [1.82, 2.24) is 10.3 Å². The van der Waals surface area contributed by atoms with Crippen LogP contribution in [0.5, 0.6) is 0 Å². The van der Waals surface area contributed by atoms with Crippen LogP contribution in [0.4, 0.5) is 0 Å². The van der Waals surface area contributed by atoms with Crippen LogP contribution >= 0.6 is 11.3 Å². The number of nitrogens with one attached hydrogen (secondary N) is 1. The second kappa shape index (κ2) is 5.75. The van der Waals surface area contributed by atoms with E-state index in [0.29, 0.717) is 11.4 Å². The van der Waals surface area contributed by atoms with E-state index in [1.807, 2.05) is 25.1 Å². The van der Waals surface area contributed by atoms with Crippen molar-refractivity contribution in [2.75, 3.05) is 0 Å². The summed E-state index contributed by atoms with van der Waals surface area (Å²) in [6, 6.07) is 5.90. The van der Waals surface area contributed by atoms with Crippen molar-refractivity contribution < 1.29 is 9.90 Å². The number of aromatic nitrogens is 1. The Labute approximate surface area is 109 Å². The Morgan fingerprint density at radius 3 is 2.83 bits per heavy atom. The van der Waals surface area contributed by atoms with Crippen molar-refractivity contribution >= 4 is 17.3 Å². The maximum absolute atomic E-state index is 11.0. The Morgan fingerprint density at radius 1 is 1.44 bits per heavy atom. The lowest BCUT2D eigenvalue weighted by molar-refractivity contribution is 0.0701. The summed E-state index contributed by atoms with van der Waals surface area (Å²) in [4.78, 5) is 15.4. The average molecular weight is 262 g/mol. The minimum atomic E-state index is -0.863. The first kappa shape index (κ1) is 12.7. The van der Waals surface area contributed by atoms with E-state index in [-0.39, 0.29) is 6.04 Å². The van der Waals surface area contributed by atoms with E-state index in [1.54, 1.807) is 17.8 Å². The predicted octanol–water partition coefficient (Wildman–Crippen LogP) is 2.69. The molecule has 2 aromatic rings. The number of rotatable bonds is 5. The number of hydrogen-bond acceptors (Lipinski definition) is 4. The lowest BCUT2D eigenvalue weighted by Gasteiger charge is -2.13. The van der Waals surface area contributed by atoms with Gasteiger partial charge in [-0.05, 0) is 41.6 Å². The van der Waals surface area contributed by atoms with Crippen LogP contribution in [0, 0.1) is 0 Å². The molecule has 0 aromatic carbocycles. The molecule has 0 bridgehead atoms. The maximum atomic E-state index is 11.0. The monoisotopic (exact) mass is 262 g/mol. The third-order valence-electron chi connectivity index (χ3n) is 2.75. The van der Waals surface area contributed by atoms with E-state index in [1.165, 1.54) is 11.3 Å². The number of carboxylic acid groups (broad SMARTS) is 1. The number of aromatic carboxylic acids is 1. The molecule has 4 nitrogen and oxygen atoms in total. The lowest BCUT2D eigenvalue weighted by Crippen LogP contribution is -2.18. The summed E-state index contributed by atoms with van der Waals surface area (Å²) in [5.41, 5.74) is 1.96. The van der Waals surface area contributed by atoms with Gasteiger partial charge in [0.25, 0.3) is 0 Å². The standard InChI is InChI=1S/C13H14N2O2S/c1-9(10-2-5-14-6-3-10)15-8-11-4-7-18-12(11)13(16)17/h2-7,9,15H,8H2,1H3,(H,16,17)/t9-/m1/s1. The van der Waals surface area contributed by atoms with Crippen molar-refractivity contribution in [3.05, 3.63) is 52.0 Å². The highest BCUT2D eigenvalue weighted by Gasteiger charge is 2.12. The quantitative estimate of drug-likeness (QED) is 0.869. The van der Waals surface area contributed by atoms with Crippen molar-refractivity contribution in [1.29, 1.82) is 0 Å². The van der Waals surface area contributed by atoms with Gasteiger partial charge in [-0.1, -0.05) is 0 Å². The maximum Gasteiger partial charge on any atom is 0.346 e. The molecule has 0 fully saturated rings. The second-order valence-corrected chi connectivity index (χ2v) is 4.88. The molecule has 0 unspecified atom stereocenters. The smallest absolute Gasteiger partial charge is 0.346 e. The molecule has 5 heteroatoms. The van der Waals surface area contributed by atoms with Gasteiger partial charge in [0.2, 0.25) is 0 Å². The summed E-state index contributed by atoms with van der Waals surface area (Å²) in [6.45, 7) is 2.59. The van der Waals surface area contributed by atoms with Crippen molar-refractivity contribution in [3.8, 4) is 0 Å². The summed E-state index contributed by atoms with van der Waals surface area (Å²) in [6.07, 6.45) is 3.50. The van der Waals surface area contributed by atoms with E-state index in [2.05, 4.69) is 10.3 Å². The van der Waals surface area contributed by atoms with Gasteiger partial charge in [-0.2, -0.15) is 0 Å². The van der Waals surface area contributed by atoms with Crippen molar-refractivity contribution in [2.24, 2.45) is 0 Å². The van der Waals surface area contributed by atoms with Crippen LogP contribution in [-0.2, 0) is 6.54 Å². The summed E-state index contributed by atoms with van der Waals surface area (Å²) < 4.78 is 0. The van der Waals surface area contributed by atoms with Crippen LogP contribution < -0.4 is 5.32 Å². The highest BCUT2D eigenvalue weighted by molar-refractivity contribution is 7.12. The fourth-order valence-corrected chi connectivity index (χ4v) is 2.46. The van der Waals surface area contributed by atoms with Gasteiger partial charge in [0, 0.05) is 25.0 Å². The number of pyridine rings is 1. The topological polar surface area (TPSA) is 62.2 Å². The van der Waals surface area contributed by atoms with Gasteiger partial charge >= 0.3 is 5.97 Å². The van der Waals surface area contributed by atoms with E-state index in [4.69, 9.17) is 5.11 Å². The van der Waals surface area contributed by atoms with Gasteiger partial charge in [-0.15, -0.1) is 11.3 Å². The molecule has 0 saturated heterocycles. The van der Waals surface area contributed by atoms with E-state index >= 15 is 0 Å². The molecule has 0 amide bonds. The SMILES string of the molecule is C[C@@H](NCc1ccsc1C(=O)O)c1ccncc1. The number of carbonyl (C=O) groups is 1. The molecule has 2 heterocycles. The second-order valence-electron chi connectivity index (χ2n) is 3.96. The van der Waals surface area contributed by atoms with Gasteiger partial charge < -0.3 is 10.4 Å². The van der Waals surface area contributed by atoms with E-state index in [9.17, 15) is 4.79 Å². The highest BCUT2D eigenvalue weighted by Crippen LogP contribution is 2.18. The summed E-state index contributed by atoms with van der Waals surface area (Å²) in [5, 5.41) is 14.1. The van der Waals surface area contributed by atoms with Gasteiger partial charge in [-0.25, -0.2) is 4.79 Å². The van der Waals surface area contributed by atoms with Crippen LogP contribution in [0.1, 0.15) is 33.8 Å². The minimum absolute atomic E-state index is 0.162. The van der Waals surface area contributed by atoms with Crippen LogP contribution in [0.25, 0.3) is 0 Å². The molecule has 2 aromatic heterocycles. The summed E-state index contributed by atoms with van der Waals surface area (Å²) >= 11 is 1.26. The number of thiophene rings is 1. The molecular formula is C13H14N2O2S. The van der Waals surface area contributed by atoms with Crippen LogP contribution in [0.3, 0.4) is 0 Å². The van der Waals surface area contributed by atoms with Gasteiger partial charge in [0.05, 0.1) is 0 Å². The first-order chi connectivity index (χ1) is 8.68. The lowest BCUT2D eigenvalue weighted by atomic mass is 10.1. The van der Waals surface area contributed by atoms with Crippen LogP contribution in [0.15, 0.2) is 36.0 Å². The minimum Gasteiger partial charge on any atom is -0.477 e. The molecule has 0 aliphatic rings. The molecule has 1 atom stereocenters. The predicted molar refractivity (Wildman–Crippen MR) is 70.8 cm³/mol. The molecule has 2 rings (SSSR count). The Balaban J connectivity index is 1.99. The molecule has 0 aliphatic heterocycles. The van der Waals surface area contributed by atoms with Crippen LogP contribution in [0.2, 0.25) is 0 Å². The van der Waals surface area contributed by atoms with E-state index in [0.717, 1.165) is 11.1 Å². The Bertz CT molecular complexity index is 525. The number of hydrogen-bond donors (Lipinski definition) is 2. The zero-order valence-electron chi connectivity index (χ0n) is 9.96. The van der Waals surface area contributed by atoms with Crippen molar-refractivity contribution in [3.63, 3.8) is 0 Å². The Kier molecular flexibility index (Phi) is 4.07.